The van der Waals surface area contributed by atoms with Crippen LogP contribution in [0.5, 0.6) is 0 Å². The van der Waals surface area contributed by atoms with Crippen molar-refractivity contribution in [2.45, 2.75) is 46.5 Å². The number of rotatable bonds is 10. The highest BCUT2D eigenvalue weighted by Gasteiger charge is 2.10. The highest BCUT2D eigenvalue weighted by atomic mass is 16.6. The summed E-state index contributed by atoms with van der Waals surface area (Å²) in [4.78, 5) is 12.0. The largest absolute Gasteiger partial charge is 0.460 e. The Bertz CT molecular complexity index is 413. The molecule has 0 saturated carbocycles. The Hall–Kier alpha value is -1.35. The Morgan fingerprint density at radius 1 is 1.10 bits per heavy atom. The summed E-state index contributed by atoms with van der Waals surface area (Å²) in [5, 5.41) is 0. The smallest absolute Gasteiger partial charge is 0.338 e. The van der Waals surface area contributed by atoms with E-state index < -0.39 is 0 Å². The van der Waals surface area contributed by atoms with Gasteiger partial charge in [0.15, 0.2) is 0 Å². The van der Waals surface area contributed by atoms with Crippen molar-refractivity contribution in [2.75, 3.05) is 19.8 Å². The van der Waals surface area contributed by atoms with Crippen LogP contribution in [0.15, 0.2) is 24.3 Å². The first-order chi connectivity index (χ1) is 10.1. The molecular weight excluding hydrogens is 264 g/mol. The van der Waals surface area contributed by atoms with E-state index in [0.717, 1.165) is 30.9 Å². The lowest BCUT2D eigenvalue weighted by Gasteiger charge is -2.09. The third kappa shape index (κ3) is 7.28. The Balaban J connectivity index is 2.14. The minimum absolute atomic E-state index is 0.254. The van der Waals surface area contributed by atoms with Crippen molar-refractivity contribution in [2.24, 2.45) is 5.92 Å². The number of unbranched alkanes of at least 4 members (excludes halogenated alkanes) is 1. The molecule has 0 N–H and O–H groups in total. The first kappa shape index (κ1) is 17.7. The third-order valence-corrected chi connectivity index (χ3v) is 3.40. The molecule has 21 heavy (non-hydrogen) atoms. The standard InChI is InChI=1S/C18H28O3/c1-4-16-10-5-6-11-17(16)18(19)21-14-13-20-12-8-7-9-15(2)3/h5-6,10-11,15H,4,7-9,12-14H2,1-3H3. The van der Waals surface area contributed by atoms with Crippen molar-refractivity contribution in [1.82, 2.24) is 0 Å². The van der Waals surface area contributed by atoms with Crippen LogP contribution in [0.3, 0.4) is 0 Å². The normalized spacial score (nSPS) is 10.9. The number of aryl methyl sites for hydroxylation is 1. The van der Waals surface area contributed by atoms with E-state index in [9.17, 15) is 4.79 Å². The topological polar surface area (TPSA) is 35.5 Å². The van der Waals surface area contributed by atoms with Crippen molar-refractivity contribution in [3.8, 4) is 0 Å². The van der Waals surface area contributed by atoms with E-state index in [0.29, 0.717) is 18.8 Å². The zero-order valence-corrected chi connectivity index (χ0v) is 13.6. The van der Waals surface area contributed by atoms with Crippen LogP contribution in [0.4, 0.5) is 0 Å². The molecule has 0 fully saturated rings. The van der Waals surface area contributed by atoms with Crippen LogP contribution in [0.25, 0.3) is 0 Å². The summed E-state index contributed by atoms with van der Waals surface area (Å²) in [6, 6.07) is 7.58. The maximum absolute atomic E-state index is 12.0. The highest BCUT2D eigenvalue weighted by molar-refractivity contribution is 5.91. The molecule has 0 aliphatic rings. The van der Waals surface area contributed by atoms with E-state index in [4.69, 9.17) is 9.47 Å². The average molecular weight is 292 g/mol. The zero-order chi connectivity index (χ0) is 15.5. The number of hydrogen-bond donors (Lipinski definition) is 0. The van der Waals surface area contributed by atoms with Gasteiger partial charge in [0.1, 0.15) is 6.61 Å². The van der Waals surface area contributed by atoms with Gasteiger partial charge in [-0.25, -0.2) is 4.79 Å². The molecule has 3 heteroatoms. The molecule has 0 bridgehead atoms. The molecule has 0 aliphatic heterocycles. The van der Waals surface area contributed by atoms with Crippen molar-refractivity contribution in [3.05, 3.63) is 35.4 Å². The Kier molecular flexibility index (Phi) is 8.76. The van der Waals surface area contributed by atoms with Crippen molar-refractivity contribution in [1.29, 1.82) is 0 Å². The molecule has 118 valence electrons. The van der Waals surface area contributed by atoms with Gasteiger partial charge in [-0.15, -0.1) is 0 Å². The van der Waals surface area contributed by atoms with Gasteiger partial charge < -0.3 is 9.47 Å². The molecule has 0 amide bonds. The number of benzene rings is 1. The van der Waals surface area contributed by atoms with Gasteiger partial charge in [-0.3, -0.25) is 0 Å². The SMILES string of the molecule is CCc1ccccc1C(=O)OCCOCCCCC(C)C. The molecule has 3 nitrogen and oxygen atoms in total. The molecule has 0 spiro atoms. The van der Waals surface area contributed by atoms with E-state index in [1.807, 2.05) is 31.2 Å². The predicted octanol–water partition coefficient (Wildman–Crippen LogP) is 4.25. The van der Waals surface area contributed by atoms with Crippen LogP contribution in [-0.2, 0) is 15.9 Å². The van der Waals surface area contributed by atoms with Gasteiger partial charge in [0.05, 0.1) is 12.2 Å². The summed E-state index contributed by atoms with van der Waals surface area (Å²) in [6.45, 7) is 8.04. The Morgan fingerprint density at radius 3 is 2.57 bits per heavy atom. The summed E-state index contributed by atoms with van der Waals surface area (Å²) in [6.07, 6.45) is 4.34. The zero-order valence-electron chi connectivity index (χ0n) is 13.6. The quantitative estimate of drug-likeness (QED) is 0.478. The monoisotopic (exact) mass is 292 g/mol. The Morgan fingerprint density at radius 2 is 1.86 bits per heavy atom. The lowest BCUT2D eigenvalue weighted by atomic mass is 10.1. The molecule has 0 unspecified atom stereocenters. The first-order valence-electron chi connectivity index (χ1n) is 7.98. The first-order valence-corrected chi connectivity index (χ1v) is 7.98. The van der Waals surface area contributed by atoms with E-state index in [2.05, 4.69) is 13.8 Å². The minimum Gasteiger partial charge on any atom is -0.460 e. The van der Waals surface area contributed by atoms with Gasteiger partial charge >= 0.3 is 5.97 Å². The summed E-state index contributed by atoms with van der Waals surface area (Å²) < 4.78 is 10.7. The molecular formula is C18H28O3. The van der Waals surface area contributed by atoms with Gasteiger partial charge in [0, 0.05) is 6.61 Å². The molecule has 1 rings (SSSR count). The van der Waals surface area contributed by atoms with Crippen LogP contribution in [-0.4, -0.2) is 25.8 Å². The minimum atomic E-state index is -0.254. The highest BCUT2D eigenvalue weighted by Crippen LogP contribution is 2.11. The number of carbonyl (C=O) groups excluding carboxylic acids is 1. The second-order valence-electron chi connectivity index (χ2n) is 5.65. The molecule has 0 heterocycles. The predicted molar refractivity (Wildman–Crippen MR) is 85.6 cm³/mol. The van der Waals surface area contributed by atoms with E-state index in [-0.39, 0.29) is 5.97 Å². The summed E-state index contributed by atoms with van der Waals surface area (Å²) >= 11 is 0. The van der Waals surface area contributed by atoms with Gasteiger partial charge in [-0.05, 0) is 30.4 Å². The van der Waals surface area contributed by atoms with Crippen LogP contribution in [0.2, 0.25) is 0 Å². The molecule has 0 atom stereocenters. The number of hydrogen-bond acceptors (Lipinski definition) is 3. The van der Waals surface area contributed by atoms with Gasteiger partial charge in [0.2, 0.25) is 0 Å². The van der Waals surface area contributed by atoms with Crippen LogP contribution in [0.1, 0.15) is 56.0 Å². The lowest BCUT2D eigenvalue weighted by molar-refractivity contribution is 0.0310. The van der Waals surface area contributed by atoms with Crippen LogP contribution >= 0.6 is 0 Å². The molecule has 0 saturated heterocycles. The summed E-state index contributed by atoms with van der Waals surface area (Å²) in [5.41, 5.74) is 1.69. The Labute approximate surface area is 128 Å². The molecule has 1 aromatic carbocycles. The molecule has 0 radical (unpaired) electrons. The fourth-order valence-corrected chi connectivity index (χ4v) is 2.16. The van der Waals surface area contributed by atoms with Gasteiger partial charge in [-0.2, -0.15) is 0 Å². The van der Waals surface area contributed by atoms with Gasteiger partial charge in [-0.1, -0.05) is 51.8 Å². The third-order valence-electron chi connectivity index (χ3n) is 3.40. The van der Waals surface area contributed by atoms with Crippen molar-refractivity contribution >= 4 is 5.97 Å². The summed E-state index contributed by atoms with van der Waals surface area (Å²) in [5.74, 6) is 0.500. The van der Waals surface area contributed by atoms with Crippen molar-refractivity contribution < 1.29 is 14.3 Å². The van der Waals surface area contributed by atoms with Gasteiger partial charge in [0.25, 0.3) is 0 Å². The molecule has 0 aromatic heterocycles. The fourth-order valence-electron chi connectivity index (χ4n) is 2.16. The van der Waals surface area contributed by atoms with E-state index in [1.165, 1.54) is 12.8 Å². The average Bonchev–Trinajstić information content (AvgIpc) is 2.49. The second kappa shape index (κ2) is 10.4. The molecule has 0 aliphatic carbocycles. The fraction of sp³-hybridized carbons (Fsp3) is 0.611. The number of carbonyl (C=O) groups is 1. The second-order valence-corrected chi connectivity index (χ2v) is 5.65. The molecule has 1 aromatic rings. The number of esters is 1. The van der Waals surface area contributed by atoms with Crippen LogP contribution in [0, 0.1) is 5.92 Å². The lowest BCUT2D eigenvalue weighted by Crippen LogP contribution is -2.13. The number of ether oxygens (including phenoxy) is 2. The van der Waals surface area contributed by atoms with Crippen molar-refractivity contribution in [3.63, 3.8) is 0 Å². The van der Waals surface area contributed by atoms with Crippen LogP contribution < -0.4 is 0 Å². The van der Waals surface area contributed by atoms with E-state index in [1.54, 1.807) is 0 Å². The summed E-state index contributed by atoms with van der Waals surface area (Å²) in [7, 11) is 0. The maximum Gasteiger partial charge on any atom is 0.338 e. The van der Waals surface area contributed by atoms with E-state index >= 15 is 0 Å². The maximum atomic E-state index is 12.0.